The van der Waals surface area contributed by atoms with Gasteiger partial charge < -0.3 is 31.1 Å². The fraction of sp³-hybridized carbons (Fsp3) is 0.913. The van der Waals surface area contributed by atoms with E-state index in [2.05, 4.69) is 48.1 Å². The van der Waals surface area contributed by atoms with Crippen LogP contribution in [0.5, 0.6) is 0 Å². The molecule has 0 bridgehead atoms. The highest BCUT2D eigenvalue weighted by molar-refractivity contribution is 8.13. The lowest BCUT2D eigenvalue weighted by Gasteiger charge is -2.29. The van der Waals surface area contributed by atoms with Crippen molar-refractivity contribution in [2.24, 2.45) is 0 Å². The second kappa shape index (κ2) is 37.1. The van der Waals surface area contributed by atoms with E-state index in [1.165, 1.54) is 23.5 Å². The summed E-state index contributed by atoms with van der Waals surface area (Å²) in [7, 11) is 0. The first-order valence-electron chi connectivity index (χ1n) is 24.0. The van der Waals surface area contributed by atoms with Crippen LogP contribution in [0, 0.1) is 0 Å². The Morgan fingerprint density at radius 3 is 1.05 bits per heavy atom. The van der Waals surface area contributed by atoms with Gasteiger partial charge in [-0.1, -0.05) is 154 Å². The maximum atomic E-state index is 12.9. The second-order valence-electron chi connectivity index (χ2n) is 17.2. The van der Waals surface area contributed by atoms with Crippen molar-refractivity contribution in [3.63, 3.8) is 0 Å². The molecular weight excluding hydrogens is 801 g/mol. The van der Waals surface area contributed by atoms with Crippen LogP contribution in [0.15, 0.2) is 0 Å². The zero-order valence-electron chi connectivity index (χ0n) is 38.2. The van der Waals surface area contributed by atoms with Crippen molar-refractivity contribution >= 4 is 45.6 Å². The summed E-state index contributed by atoms with van der Waals surface area (Å²) in [5.41, 5.74) is 0. The number of rotatable bonds is 40. The third kappa shape index (κ3) is 29.9. The van der Waals surface area contributed by atoms with E-state index in [-0.39, 0.29) is 47.7 Å². The van der Waals surface area contributed by atoms with Gasteiger partial charge in [0.1, 0.15) is 12.1 Å². The summed E-state index contributed by atoms with van der Waals surface area (Å²) in [4.78, 5) is 55.7. The summed E-state index contributed by atoms with van der Waals surface area (Å²) in [5, 5.41) is 48.1. The first-order valence-corrected chi connectivity index (χ1v) is 26.0. The molecule has 0 aliphatic carbocycles. The highest BCUT2D eigenvalue weighted by Crippen LogP contribution is 2.18. The summed E-state index contributed by atoms with van der Waals surface area (Å²) >= 11 is 2.35. The van der Waals surface area contributed by atoms with Crippen LogP contribution >= 0.6 is 23.5 Å². The molecule has 6 unspecified atom stereocenters. The van der Waals surface area contributed by atoms with Crippen LogP contribution < -0.4 is 10.6 Å². The number of piperazine rings is 1. The van der Waals surface area contributed by atoms with Crippen molar-refractivity contribution in [1.29, 1.82) is 0 Å². The molecule has 6 atom stereocenters. The van der Waals surface area contributed by atoms with Crippen molar-refractivity contribution in [2.45, 2.75) is 218 Å². The fourth-order valence-electron chi connectivity index (χ4n) is 7.63. The number of aliphatic hydroxyl groups excluding tert-OH is 4. The molecule has 1 rings (SSSR count). The van der Waals surface area contributed by atoms with Gasteiger partial charge in [-0.25, -0.2) is 0 Å². The van der Waals surface area contributed by atoms with Gasteiger partial charge in [-0.3, -0.25) is 29.0 Å². The SMILES string of the molecule is CCCCCCC(O)CN(CCSC(=O)CCC1NC(=O)C(CCC(=O)SCCN(CC(O)CCCCCC)CC(O)CCCCCC)NC1=O)CC(O)CCCCCC. The Kier molecular flexibility index (Phi) is 35.1. The van der Waals surface area contributed by atoms with Crippen molar-refractivity contribution in [3.05, 3.63) is 0 Å². The fourth-order valence-corrected chi connectivity index (χ4v) is 9.31. The molecule has 14 heteroatoms. The molecule has 1 aliphatic rings. The number of carbonyl (C=O) groups is 4. The molecule has 1 saturated heterocycles. The van der Waals surface area contributed by atoms with Crippen LogP contribution in [-0.2, 0) is 19.2 Å². The standard InChI is InChI=1S/C46H88N4O8S2/c1-5-9-13-17-21-37(51)33-49(34-38(52)22-18-14-10-6-2)29-31-59-43(55)27-25-41-45(57)48-42(46(58)47-41)26-28-44(56)60-32-30-50(35-39(53)23-19-15-11-7-3)36-40(54)24-20-16-12-8-4/h37-42,51-54H,5-36H2,1-4H3,(H,47,58)(H,48,57). The minimum absolute atomic E-state index is 0.0801. The van der Waals surface area contributed by atoms with Crippen LogP contribution in [0.2, 0.25) is 0 Å². The average molecular weight is 889 g/mol. The highest BCUT2D eigenvalue weighted by atomic mass is 32.2. The number of nitrogens with zero attached hydrogens (tertiary/aromatic N) is 2. The van der Waals surface area contributed by atoms with Crippen molar-refractivity contribution < 1.29 is 39.6 Å². The second-order valence-corrected chi connectivity index (χ2v) is 19.5. The van der Waals surface area contributed by atoms with E-state index in [4.69, 9.17) is 0 Å². The van der Waals surface area contributed by atoms with Gasteiger partial charge in [0.25, 0.3) is 0 Å². The van der Waals surface area contributed by atoms with Crippen LogP contribution in [0.4, 0.5) is 0 Å². The first kappa shape index (κ1) is 56.8. The molecule has 0 aromatic heterocycles. The maximum Gasteiger partial charge on any atom is 0.243 e. The predicted octanol–water partition coefficient (Wildman–Crippen LogP) is 6.98. The summed E-state index contributed by atoms with van der Waals surface area (Å²) in [6, 6.07) is -1.64. The third-order valence-corrected chi connectivity index (χ3v) is 13.1. The number of aliphatic hydroxyl groups is 4. The average Bonchev–Trinajstić information content (AvgIpc) is 3.21. The topological polar surface area (TPSA) is 180 Å². The number of hydrogen-bond donors (Lipinski definition) is 6. The number of thioether (sulfide) groups is 2. The Labute approximate surface area is 373 Å². The van der Waals surface area contributed by atoms with E-state index in [0.717, 1.165) is 128 Å². The Bertz CT molecular complexity index is 1000. The Hall–Kier alpha value is -1.26. The lowest BCUT2D eigenvalue weighted by Crippen LogP contribution is -2.61. The molecule has 0 aromatic rings. The van der Waals surface area contributed by atoms with Gasteiger partial charge >= 0.3 is 0 Å². The molecule has 0 spiro atoms. The van der Waals surface area contributed by atoms with E-state index in [9.17, 15) is 39.6 Å². The minimum Gasteiger partial charge on any atom is -0.392 e. The van der Waals surface area contributed by atoms with Crippen LogP contribution in [0.25, 0.3) is 0 Å². The lowest BCUT2D eigenvalue weighted by atomic mass is 10.0. The van der Waals surface area contributed by atoms with E-state index < -0.39 is 36.5 Å². The van der Waals surface area contributed by atoms with Crippen molar-refractivity contribution in [1.82, 2.24) is 20.4 Å². The zero-order valence-corrected chi connectivity index (χ0v) is 39.9. The minimum atomic E-state index is -0.819. The number of carbonyl (C=O) groups excluding carboxylic acids is 4. The van der Waals surface area contributed by atoms with Gasteiger partial charge in [0, 0.05) is 63.6 Å². The molecule has 0 radical (unpaired) electrons. The number of hydrogen-bond acceptors (Lipinski definition) is 12. The maximum absolute atomic E-state index is 12.9. The van der Waals surface area contributed by atoms with Gasteiger partial charge in [0.15, 0.2) is 10.2 Å². The van der Waals surface area contributed by atoms with Gasteiger partial charge in [-0.15, -0.1) is 0 Å². The number of nitrogens with one attached hydrogen (secondary N) is 2. The van der Waals surface area contributed by atoms with Gasteiger partial charge in [-0.2, -0.15) is 0 Å². The zero-order chi connectivity index (χ0) is 44.4. The molecule has 352 valence electrons. The van der Waals surface area contributed by atoms with Crippen LogP contribution in [0.1, 0.15) is 182 Å². The van der Waals surface area contributed by atoms with E-state index in [1.807, 2.05) is 0 Å². The Morgan fingerprint density at radius 2 is 0.783 bits per heavy atom. The van der Waals surface area contributed by atoms with Crippen molar-refractivity contribution in [2.75, 3.05) is 50.8 Å². The molecule has 0 aromatic carbocycles. The smallest absolute Gasteiger partial charge is 0.243 e. The quantitative estimate of drug-likeness (QED) is 0.0349. The summed E-state index contributed by atoms with van der Waals surface area (Å²) < 4.78 is 0. The van der Waals surface area contributed by atoms with E-state index in [0.29, 0.717) is 50.8 Å². The molecule has 12 nitrogen and oxygen atoms in total. The molecule has 60 heavy (non-hydrogen) atoms. The number of unbranched alkanes of at least 4 members (excludes halogenated alkanes) is 12. The molecule has 2 amide bonds. The normalized spacial score (nSPS) is 17.8. The summed E-state index contributed by atoms with van der Waals surface area (Å²) in [6.45, 7) is 11.6. The van der Waals surface area contributed by atoms with Gasteiger partial charge in [-0.05, 0) is 38.5 Å². The number of amides is 2. The lowest BCUT2D eigenvalue weighted by molar-refractivity contribution is -0.137. The van der Waals surface area contributed by atoms with Gasteiger partial charge in [0.2, 0.25) is 11.8 Å². The largest absolute Gasteiger partial charge is 0.392 e. The van der Waals surface area contributed by atoms with Crippen molar-refractivity contribution in [3.8, 4) is 0 Å². The molecule has 1 fully saturated rings. The first-order chi connectivity index (χ1) is 28.9. The molecule has 1 heterocycles. The van der Waals surface area contributed by atoms with Gasteiger partial charge in [0.05, 0.1) is 24.4 Å². The molecule has 0 saturated carbocycles. The third-order valence-electron chi connectivity index (χ3n) is 11.3. The monoisotopic (exact) mass is 889 g/mol. The summed E-state index contributed by atoms with van der Waals surface area (Å²) in [6.07, 6.45) is 19.0. The Balaban J connectivity index is 2.51. The predicted molar refractivity (Wildman–Crippen MR) is 249 cm³/mol. The molecule has 1 aliphatic heterocycles. The van der Waals surface area contributed by atoms with E-state index in [1.54, 1.807) is 0 Å². The van der Waals surface area contributed by atoms with Crippen LogP contribution in [-0.4, -0.2) is 140 Å². The van der Waals surface area contributed by atoms with Crippen LogP contribution in [0.3, 0.4) is 0 Å². The summed E-state index contributed by atoms with van der Waals surface area (Å²) in [5.74, 6) is 0.284. The molecule has 6 N–H and O–H groups in total. The Morgan fingerprint density at radius 1 is 0.500 bits per heavy atom. The molecular formula is C46H88N4O8S2. The van der Waals surface area contributed by atoms with E-state index >= 15 is 0 Å². The highest BCUT2D eigenvalue weighted by Gasteiger charge is 2.34.